The minimum absolute atomic E-state index is 0.0265. The molecule has 6 heteroatoms. The summed E-state index contributed by atoms with van der Waals surface area (Å²) in [6.45, 7) is 5.79. The number of piperazine rings is 1. The highest BCUT2D eigenvalue weighted by Crippen LogP contribution is 2.16. The molecular weight excluding hydrogens is 306 g/mol. The number of ether oxygens (including phenoxy) is 2. The summed E-state index contributed by atoms with van der Waals surface area (Å²) in [5.41, 5.74) is 1.87. The summed E-state index contributed by atoms with van der Waals surface area (Å²) in [4.78, 5) is 16.7. The quantitative estimate of drug-likeness (QED) is 0.897. The number of carbonyl (C=O) groups excluding carboxylic acids is 1. The van der Waals surface area contributed by atoms with Gasteiger partial charge in [0.05, 0.1) is 12.7 Å². The number of amides is 2. The molecule has 0 bridgehead atoms. The Bertz CT molecular complexity index is 538. The molecule has 2 fully saturated rings. The van der Waals surface area contributed by atoms with Gasteiger partial charge in [0.2, 0.25) is 0 Å². The van der Waals surface area contributed by atoms with E-state index in [9.17, 15) is 4.79 Å². The predicted molar refractivity (Wildman–Crippen MR) is 93.2 cm³/mol. The maximum Gasteiger partial charge on any atom is 0.321 e. The highest BCUT2D eigenvalue weighted by Gasteiger charge is 2.24. The first-order valence-electron chi connectivity index (χ1n) is 8.72. The second kappa shape index (κ2) is 8.46. The molecule has 2 saturated heterocycles. The number of nitrogens with one attached hydrogen (secondary N) is 1. The zero-order valence-corrected chi connectivity index (χ0v) is 14.4. The molecule has 0 radical (unpaired) electrons. The van der Waals surface area contributed by atoms with Crippen molar-refractivity contribution in [1.82, 2.24) is 9.80 Å². The molecule has 2 aliphatic rings. The SMILES string of the molecule is COCc1cccc(NC(=O)N2CCN(C[C@H]3CCCO3)CC2)c1. The van der Waals surface area contributed by atoms with Crippen molar-refractivity contribution in [3.05, 3.63) is 29.8 Å². The number of benzene rings is 1. The van der Waals surface area contributed by atoms with E-state index in [1.165, 1.54) is 12.8 Å². The van der Waals surface area contributed by atoms with Crippen molar-refractivity contribution >= 4 is 11.7 Å². The van der Waals surface area contributed by atoms with E-state index in [1.54, 1.807) is 7.11 Å². The molecule has 0 unspecified atom stereocenters. The summed E-state index contributed by atoms with van der Waals surface area (Å²) in [6.07, 6.45) is 2.72. The van der Waals surface area contributed by atoms with E-state index < -0.39 is 0 Å². The number of urea groups is 1. The number of anilines is 1. The van der Waals surface area contributed by atoms with Gasteiger partial charge in [0, 0.05) is 52.1 Å². The first kappa shape index (κ1) is 17.2. The van der Waals surface area contributed by atoms with Crippen molar-refractivity contribution in [2.45, 2.75) is 25.6 Å². The number of nitrogens with zero attached hydrogens (tertiary/aromatic N) is 2. The van der Waals surface area contributed by atoms with Crippen LogP contribution in [-0.2, 0) is 16.1 Å². The molecule has 1 aromatic carbocycles. The number of carbonyl (C=O) groups is 1. The minimum Gasteiger partial charge on any atom is -0.380 e. The molecule has 2 amide bonds. The van der Waals surface area contributed by atoms with Crippen LogP contribution in [0, 0.1) is 0 Å². The van der Waals surface area contributed by atoms with Gasteiger partial charge in [0.1, 0.15) is 0 Å². The summed E-state index contributed by atoms with van der Waals surface area (Å²) in [5, 5.41) is 2.99. The van der Waals surface area contributed by atoms with Crippen LogP contribution in [0.1, 0.15) is 18.4 Å². The van der Waals surface area contributed by atoms with Gasteiger partial charge >= 0.3 is 6.03 Å². The fraction of sp³-hybridized carbons (Fsp3) is 0.611. The molecule has 6 nitrogen and oxygen atoms in total. The van der Waals surface area contributed by atoms with E-state index in [-0.39, 0.29) is 6.03 Å². The summed E-state index contributed by atoms with van der Waals surface area (Å²) in [6, 6.07) is 7.76. The van der Waals surface area contributed by atoms with Crippen LogP contribution in [0.2, 0.25) is 0 Å². The Morgan fingerprint density at radius 2 is 2.17 bits per heavy atom. The Kier molecular flexibility index (Phi) is 6.07. The molecule has 1 aromatic rings. The zero-order valence-electron chi connectivity index (χ0n) is 14.4. The summed E-state index contributed by atoms with van der Waals surface area (Å²) < 4.78 is 10.8. The van der Waals surface area contributed by atoms with E-state index in [4.69, 9.17) is 9.47 Å². The minimum atomic E-state index is -0.0265. The van der Waals surface area contributed by atoms with Crippen LogP contribution in [0.3, 0.4) is 0 Å². The van der Waals surface area contributed by atoms with Crippen molar-refractivity contribution in [2.75, 3.05) is 51.8 Å². The van der Waals surface area contributed by atoms with E-state index in [0.717, 1.165) is 50.6 Å². The first-order chi connectivity index (χ1) is 11.7. The van der Waals surface area contributed by atoms with Gasteiger partial charge in [-0.05, 0) is 30.5 Å². The zero-order chi connectivity index (χ0) is 16.8. The topological polar surface area (TPSA) is 54.0 Å². The number of hydrogen-bond acceptors (Lipinski definition) is 4. The maximum absolute atomic E-state index is 12.4. The molecule has 0 aromatic heterocycles. The normalized spacial score (nSPS) is 21.9. The van der Waals surface area contributed by atoms with Crippen LogP contribution in [0.25, 0.3) is 0 Å². The lowest BCUT2D eigenvalue weighted by Crippen LogP contribution is -2.51. The predicted octanol–water partition coefficient (Wildman–Crippen LogP) is 2.16. The van der Waals surface area contributed by atoms with Gasteiger partial charge in [-0.25, -0.2) is 4.79 Å². The van der Waals surface area contributed by atoms with E-state index >= 15 is 0 Å². The molecule has 1 atom stereocenters. The van der Waals surface area contributed by atoms with Crippen LogP contribution in [0.15, 0.2) is 24.3 Å². The molecule has 2 aliphatic heterocycles. The fourth-order valence-electron chi connectivity index (χ4n) is 3.32. The van der Waals surface area contributed by atoms with Gasteiger partial charge in [-0.1, -0.05) is 12.1 Å². The van der Waals surface area contributed by atoms with Crippen molar-refractivity contribution in [3.8, 4) is 0 Å². The molecule has 0 aliphatic carbocycles. The fourth-order valence-corrected chi connectivity index (χ4v) is 3.32. The van der Waals surface area contributed by atoms with Crippen LogP contribution < -0.4 is 5.32 Å². The Hall–Kier alpha value is -1.63. The first-order valence-corrected chi connectivity index (χ1v) is 8.72. The van der Waals surface area contributed by atoms with Crippen molar-refractivity contribution in [1.29, 1.82) is 0 Å². The van der Waals surface area contributed by atoms with Crippen molar-refractivity contribution in [3.63, 3.8) is 0 Å². The average molecular weight is 333 g/mol. The summed E-state index contributed by atoms with van der Waals surface area (Å²) >= 11 is 0. The van der Waals surface area contributed by atoms with Gasteiger partial charge in [-0.3, -0.25) is 4.90 Å². The van der Waals surface area contributed by atoms with Crippen LogP contribution in [0.5, 0.6) is 0 Å². The molecule has 2 heterocycles. The molecule has 0 saturated carbocycles. The summed E-state index contributed by atoms with van der Waals surface area (Å²) in [7, 11) is 1.67. The lowest BCUT2D eigenvalue weighted by atomic mass is 10.2. The summed E-state index contributed by atoms with van der Waals surface area (Å²) in [5.74, 6) is 0. The van der Waals surface area contributed by atoms with Crippen molar-refractivity contribution < 1.29 is 14.3 Å². The molecule has 132 valence electrons. The Morgan fingerprint density at radius 1 is 1.33 bits per heavy atom. The van der Waals surface area contributed by atoms with Gasteiger partial charge < -0.3 is 19.7 Å². The average Bonchev–Trinajstić information content (AvgIpc) is 3.09. The standard InChI is InChI=1S/C18H27N3O3/c1-23-14-15-4-2-5-16(12-15)19-18(22)21-9-7-20(8-10-21)13-17-6-3-11-24-17/h2,4-5,12,17H,3,6-11,13-14H2,1H3,(H,19,22)/t17-/m1/s1. The number of methoxy groups -OCH3 is 1. The third-order valence-corrected chi connectivity index (χ3v) is 4.63. The lowest BCUT2D eigenvalue weighted by Gasteiger charge is -2.35. The lowest BCUT2D eigenvalue weighted by molar-refractivity contribution is 0.0572. The Labute approximate surface area is 143 Å². The van der Waals surface area contributed by atoms with Gasteiger partial charge in [-0.15, -0.1) is 0 Å². The third-order valence-electron chi connectivity index (χ3n) is 4.63. The van der Waals surface area contributed by atoms with Crippen molar-refractivity contribution in [2.24, 2.45) is 0 Å². The second-order valence-corrected chi connectivity index (χ2v) is 6.49. The Morgan fingerprint density at radius 3 is 2.88 bits per heavy atom. The monoisotopic (exact) mass is 333 g/mol. The molecule has 3 rings (SSSR count). The second-order valence-electron chi connectivity index (χ2n) is 6.49. The molecule has 1 N–H and O–H groups in total. The van der Waals surface area contributed by atoms with E-state index in [0.29, 0.717) is 12.7 Å². The Balaban J connectivity index is 1.45. The van der Waals surface area contributed by atoms with Gasteiger partial charge in [0.25, 0.3) is 0 Å². The molecule has 0 spiro atoms. The van der Waals surface area contributed by atoms with Crippen LogP contribution in [-0.4, -0.2) is 68.4 Å². The highest BCUT2D eigenvalue weighted by molar-refractivity contribution is 5.89. The van der Waals surface area contributed by atoms with E-state index in [2.05, 4.69) is 10.2 Å². The molecule has 24 heavy (non-hydrogen) atoms. The largest absolute Gasteiger partial charge is 0.380 e. The van der Waals surface area contributed by atoms with Crippen LogP contribution in [0.4, 0.5) is 10.5 Å². The smallest absolute Gasteiger partial charge is 0.321 e. The maximum atomic E-state index is 12.4. The number of rotatable bonds is 5. The molecular formula is C18H27N3O3. The van der Waals surface area contributed by atoms with E-state index in [1.807, 2.05) is 29.2 Å². The van der Waals surface area contributed by atoms with Gasteiger partial charge in [-0.2, -0.15) is 0 Å². The number of hydrogen-bond donors (Lipinski definition) is 1. The third kappa shape index (κ3) is 4.69. The highest BCUT2D eigenvalue weighted by atomic mass is 16.5. The van der Waals surface area contributed by atoms with Gasteiger partial charge in [0.15, 0.2) is 0 Å². The van der Waals surface area contributed by atoms with Crippen LogP contribution >= 0.6 is 0 Å².